The average Bonchev–Trinajstić information content (AvgIpc) is 2.83. The van der Waals surface area contributed by atoms with E-state index in [9.17, 15) is 9.59 Å². The second kappa shape index (κ2) is 11.3. The van der Waals surface area contributed by atoms with E-state index in [0.29, 0.717) is 28.5 Å². The molecule has 2 amide bonds. The first-order valence-corrected chi connectivity index (χ1v) is 10.3. The Morgan fingerprint density at radius 3 is 2.12 bits per heavy atom. The summed E-state index contributed by atoms with van der Waals surface area (Å²) < 4.78 is 10.4. The van der Waals surface area contributed by atoms with Crippen LogP contribution in [0.5, 0.6) is 11.5 Å². The lowest BCUT2D eigenvalue weighted by Crippen LogP contribution is -2.21. The molecule has 0 aliphatic rings. The quantitative estimate of drug-likeness (QED) is 0.330. The summed E-state index contributed by atoms with van der Waals surface area (Å²) in [5.41, 5.74) is 5.83. The molecular weight excluding hydrogens is 420 g/mol. The number of hydrazone groups is 1. The lowest BCUT2D eigenvalue weighted by molar-refractivity contribution is -0.115. The molecule has 0 atom stereocenters. The summed E-state index contributed by atoms with van der Waals surface area (Å²) in [6.45, 7) is 1.67. The molecule has 0 spiro atoms. The molecule has 3 rings (SSSR count). The fraction of sp³-hybridized carbons (Fsp3) is 0.160. The number of nitrogens with zero attached hydrogens (tertiary/aromatic N) is 1. The predicted octanol–water partition coefficient (Wildman–Crippen LogP) is 4.58. The minimum atomic E-state index is -0.419. The van der Waals surface area contributed by atoms with Crippen LogP contribution in [0.2, 0.25) is 0 Å². The highest BCUT2D eigenvalue weighted by Crippen LogP contribution is 2.27. The molecule has 0 heterocycles. The lowest BCUT2D eigenvalue weighted by Gasteiger charge is -2.09. The fourth-order valence-electron chi connectivity index (χ4n) is 2.99. The molecule has 0 saturated heterocycles. The van der Waals surface area contributed by atoms with Crippen molar-refractivity contribution in [1.29, 1.82) is 0 Å². The van der Waals surface area contributed by atoms with Crippen molar-refractivity contribution < 1.29 is 19.1 Å². The maximum Gasteiger partial charge on any atom is 0.271 e. The van der Waals surface area contributed by atoms with E-state index in [4.69, 9.17) is 9.47 Å². The van der Waals surface area contributed by atoms with Gasteiger partial charge in [-0.15, -0.1) is 0 Å². The predicted molar refractivity (Wildman–Crippen MR) is 130 cm³/mol. The topological polar surface area (TPSA) is 101 Å². The van der Waals surface area contributed by atoms with Crippen molar-refractivity contribution in [2.75, 3.05) is 24.9 Å². The zero-order valence-electron chi connectivity index (χ0n) is 18.7. The first-order valence-electron chi connectivity index (χ1n) is 10.3. The molecule has 0 unspecified atom stereocenters. The van der Waals surface area contributed by atoms with Crippen LogP contribution < -0.4 is 25.5 Å². The van der Waals surface area contributed by atoms with Gasteiger partial charge < -0.3 is 20.1 Å². The van der Waals surface area contributed by atoms with Crippen LogP contribution in [0.3, 0.4) is 0 Å². The number of amides is 2. The molecule has 0 fully saturated rings. The molecule has 0 aromatic heterocycles. The summed E-state index contributed by atoms with van der Waals surface area (Å²) in [7, 11) is 3.01. The van der Waals surface area contributed by atoms with Crippen LogP contribution >= 0.6 is 0 Å². The highest BCUT2D eigenvalue weighted by Gasteiger charge is 2.11. The molecule has 3 N–H and O–H groups in total. The number of ether oxygens (including phenoxy) is 2. The Hall–Kier alpha value is -4.33. The van der Waals surface area contributed by atoms with Gasteiger partial charge in [-0.25, -0.2) is 5.43 Å². The average molecular weight is 447 g/mol. The van der Waals surface area contributed by atoms with Crippen molar-refractivity contribution in [3.05, 3.63) is 78.4 Å². The minimum absolute atomic E-state index is 0.0379. The minimum Gasteiger partial charge on any atom is -0.493 e. The van der Waals surface area contributed by atoms with E-state index < -0.39 is 5.91 Å². The zero-order chi connectivity index (χ0) is 23.6. The molecule has 3 aromatic rings. The molecule has 0 saturated carbocycles. The molecule has 0 aliphatic carbocycles. The molecule has 33 heavy (non-hydrogen) atoms. The fourth-order valence-corrected chi connectivity index (χ4v) is 2.99. The molecular formula is C25H26N4O4. The molecule has 170 valence electrons. The van der Waals surface area contributed by atoms with Gasteiger partial charge in [0.2, 0.25) is 5.91 Å². The molecule has 0 bridgehead atoms. The van der Waals surface area contributed by atoms with E-state index in [0.717, 1.165) is 11.4 Å². The zero-order valence-corrected chi connectivity index (χ0v) is 18.7. The van der Waals surface area contributed by atoms with Crippen LogP contribution in [0.15, 0.2) is 77.9 Å². The summed E-state index contributed by atoms with van der Waals surface area (Å²) in [6.07, 6.45) is 0.0379. The largest absolute Gasteiger partial charge is 0.493 e. The van der Waals surface area contributed by atoms with Crippen molar-refractivity contribution in [2.24, 2.45) is 5.10 Å². The number of benzene rings is 3. The number of hydrogen-bond acceptors (Lipinski definition) is 6. The van der Waals surface area contributed by atoms with Crippen LogP contribution in [0, 0.1) is 0 Å². The van der Waals surface area contributed by atoms with Gasteiger partial charge in [-0.2, -0.15) is 5.10 Å². The first-order chi connectivity index (χ1) is 16.0. The first kappa shape index (κ1) is 23.3. The smallest absolute Gasteiger partial charge is 0.271 e. The maximum absolute atomic E-state index is 12.3. The van der Waals surface area contributed by atoms with Crippen LogP contribution in [0.1, 0.15) is 23.7 Å². The van der Waals surface area contributed by atoms with E-state index in [-0.39, 0.29) is 12.3 Å². The van der Waals surface area contributed by atoms with Crippen LogP contribution in [-0.2, 0) is 4.79 Å². The van der Waals surface area contributed by atoms with Gasteiger partial charge >= 0.3 is 0 Å². The van der Waals surface area contributed by atoms with E-state index >= 15 is 0 Å². The summed E-state index contributed by atoms with van der Waals surface area (Å²) in [6, 6.07) is 22.0. The Morgan fingerprint density at radius 1 is 0.818 bits per heavy atom. The van der Waals surface area contributed by atoms with E-state index in [1.807, 2.05) is 54.6 Å². The summed E-state index contributed by atoms with van der Waals surface area (Å²) in [5.74, 6) is 0.307. The van der Waals surface area contributed by atoms with Crippen LogP contribution in [0.4, 0.5) is 17.1 Å². The van der Waals surface area contributed by atoms with E-state index in [1.165, 1.54) is 14.2 Å². The van der Waals surface area contributed by atoms with Crippen molar-refractivity contribution in [1.82, 2.24) is 5.43 Å². The number of carbonyl (C=O) groups is 2. The molecule has 8 heteroatoms. The highest BCUT2D eigenvalue weighted by atomic mass is 16.5. The number of methoxy groups -OCH3 is 2. The number of carbonyl (C=O) groups excluding carboxylic acids is 2. The Labute approximate surface area is 192 Å². The number of rotatable bonds is 9. The lowest BCUT2D eigenvalue weighted by atomic mass is 10.2. The Bertz CT molecular complexity index is 1130. The normalized spacial score (nSPS) is 10.8. The molecule has 8 nitrogen and oxygen atoms in total. The molecule has 0 radical (unpaired) electrons. The second-order valence-electron chi connectivity index (χ2n) is 7.15. The van der Waals surface area contributed by atoms with Gasteiger partial charge in [-0.1, -0.05) is 18.2 Å². The molecule has 3 aromatic carbocycles. The second-order valence-corrected chi connectivity index (χ2v) is 7.15. The monoisotopic (exact) mass is 446 g/mol. The van der Waals surface area contributed by atoms with Gasteiger partial charge in [0.25, 0.3) is 5.91 Å². The van der Waals surface area contributed by atoms with Gasteiger partial charge in [-0.3, -0.25) is 9.59 Å². The van der Waals surface area contributed by atoms with Crippen LogP contribution in [-0.4, -0.2) is 31.7 Å². The number of hydrogen-bond donors (Lipinski definition) is 3. The SMILES string of the molecule is COc1ccc(C(=O)NN=C(C)CC(=O)Nc2ccc(Nc3ccccc3)cc2)cc1OC. The Morgan fingerprint density at radius 2 is 1.45 bits per heavy atom. The van der Waals surface area contributed by atoms with Crippen molar-refractivity contribution in [3.63, 3.8) is 0 Å². The Balaban J connectivity index is 1.51. The summed E-state index contributed by atoms with van der Waals surface area (Å²) >= 11 is 0. The van der Waals surface area contributed by atoms with Gasteiger partial charge in [0.1, 0.15) is 0 Å². The molecule has 0 aliphatic heterocycles. The van der Waals surface area contributed by atoms with Gasteiger partial charge in [0.15, 0.2) is 11.5 Å². The standard InChI is InChI=1S/C25H26N4O4/c1-17(28-29-25(31)18-9-14-22(32-2)23(16-18)33-3)15-24(30)27-21-12-10-20(11-13-21)26-19-7-5-4-6-8-19/h4-14,16,26H,15H2,1-3H3,(H,27,30)(H,29,31). The third-order valence-electron chi connectivity index (χ3n) is 4.64. The van der Waals surface area contributed by atoms with Crippen molar-refractivity contribution in [3.8, 4) is 11.5 Å². The Kier molecular flexibility index (Phi) is 8.02. The number of anilines is 3. The number of nitrogens with one attached hydrogen (secondary N) is 3. The van der Waals surface area contributed by atoms with Gasteiger partial charge in [0.05, 0.1) is 20.6 Å². The highest BCUT2D eigenvalue weighted by molar-refractivity contribution is 6.06. The van der Waals surface area contributed by atoms with Gasteiger partial charge in [0, 0.05) is 28.3 Å². The third-order valence-corrected chi connectivity index (χ3v) is 4.64. The maximum atomic E-state index is 12.3. The van der Waals surface area contributed by atoms with Gasteiger partial charge in [-0.05, 0) is 61.5 Å². The van der Waals surface area contributed by atoms with Crippen molar-refractivity contribution in [2.45, 2.75) is 13.3 Å². The van der Waals surface area contributed by atoms with Crippen molar-refractivity contribution >= 4 is 34.6 Å². The summed E-state index contributed by atoms with van der Waals surface area (Å²) in [4.78, 5) is 24.7. The van der Waals surface area contributed by atoms with E-state index in [1.54, 1.807) is 25.1 Å². The van der Waals surface area contributed by atoms with E-state index in [2.05, 4.69) is 21.2 Å². The summed E-state index contributed by atoms with van der Waals surface area (Å²) in [5, 5.41) is 10.1. The number of para-hydroxylation sites is 1. The third kappa shape index (κ3) is 6.83. The van der Waals surface area contributed by atoms with Crippen LogP contribution in [0.25, 0.3) is 0 Å².